The van der Waals surface area contributed by atoms with Gasteiger partial charge in [-0.1, -0.05) is 30.7 Å². The van der Waals surface area contributed by atoms with Crippen LogP contribution in [0.5, 0.6) is 0 Å². The highest BCUT2D eigenvalue weighted by Gasteiger charge is 2.15. The molecule has 1 N–H and O–H groups in total. The Morgan fingerprint density at radius 1 is 1.52 bits per heavy atom. The molecule has 2 rings (SSSR count). The molecular weight excluding hydrogens is 320 g/mol. The summed E-state index contributed by atoms with van der Waals surface area (Å²) < 4.78 is 1.38. The number of likely N-dealkylation sites (N-methyl/N-ethyl adjacent to an activating group) is 1. The summed E-state index contributed by atoms with van der Waals surface area (Å²) in [5.41, 5.74) is 0.991. The molecule has 1 aromatic heterocycles. The van der Waals surface area contributed by atoms with Crippen LogP contribution in [0.4, 0.5) is 5.69 Å². The first kappa shape index (κ1) is 17.4. The molecule has 1 unspecified atom stereocenters. The SMILES string of the molecule is CCN(Cc1cccc(Cl)c1)CC(O)Cn1cc([N+](=O)[O-])cn1. The third kappa shape index (κ3) is 5.31. The third-order valence-corrected chi connectivity index (χ3v) is 3.67. The number of nitrogens with zero attached hydrogens (tertiary/aromatic N) is 4. The van der Waals surface area contributed by atoms with Crippen LogP contribution in [0.3, 0.4) is 0 Å². The highest BCUT2D eigenvalue weighted by atomic mass is 35.5. The number of rotatable bonds is 8. The minimum atomic E-state index is -0.673. The van der Waals surface area contributed by atoms with E-state index < -0.39 is 11.0 Å². The first-order valence-corrected chi connectivity index (χ1v) is 7.67. The van der Waals surface area contributed by atoms with Crippen molar-refractivity contribution in [3.8, 4) is 0 Å². The van der Waals surface area contributed by atoms with Crippen molar-refractivity contribution in [2.75, 3.05) is 13.1 Å². The third-order valence-electron chi connectivity index (χ3n) is 3.44. The van der Waals surface area contributed by atoms with E-state index in [1.165, 1.54) is 17.1 Å². The second kappa shape index (κ2) is 8.05. The normalized spacial score (nSPS) is 12.5. The molecule has 23 heavy (non-hydrogen) atoms. The maximum atomic E-state index is 10.6. The maximum Gasteiger partial charge on any atom is 0.306 e. The van der Waals surface area contributed by atoms with Crippen molar-refractivity contribution in [3.05, 3.63) is 57.4 Å². The van der Waals surface area contributed by atoms with E-state index in [4.69, 9.17) is 11.6 Å². The van der Waals surface area contributed by atoms with Crippen molar-refractivity contribution >= 4 is 17.3 Å². The minimum Gasteiger partial charge on any atom is -0.390 e. The number of nitro groups is 1. The number of benzene rings is 1. The Bertz CT molecular complexity index is 662. The Morgan fingerprint density at radius 3 is 2.91 bits per heavy atom. The van der Waals surface area contributed by atoms with E-state index in [9.17, 15) is 15.2 Å². The maximum absolute atomic E-state index is 10.6. The Hall–Kier alpha value is -1.96. The molecule has 1 heterocycles. The van der Waals surface area contributed by atoms with E-state index >= 15 is 0 Å². The molecule has 0 aliphatic heterocycles. The molecule has 0 saturated carbocycles. The highest BCUT2D eigenvalue weighted by molar-refractivity contribution is 6.30. The number of aromatic nitrogens is 2. The Morgan fingerprint density at radius 2 is 2.30 bits per heavy atom. The van der Waals surface area contributed by atoms with E-state index in [1.54, 1.807) is 0 Å². The first-order valence-electron chi connectivity index (χ1n) is 7.29. The van der Waals surface area contributed by atoms with Gasteiger partial charge in [0.25, 0.3) is 0 Å². The number of aliphatic hydroxyl groups excluding tert-OH is 1. The molecule has 0 saturated heterocycles. The van der Waals surface area contributed by atoms with E-state index in [0.29, 0.717) is 18.1 Å². The van der Waals surface area contributed by atoms with Gasteiger partial charge in [0, 0.05) is 18.1 Å². The average Bonchev–Trinajstić information content (AvgIpc) is 2.95. The fraction of sp³-hybridized carbons (Fsp3) is 0.400. The van der Waals surface area contributed by atoms with E-state index in [2.05, 4.69) is 10.00 Å². The van der Waals surface area contributed by atoms with Crippen molar-refractivity contribution in [3.63, 3.8) is 0 Å². The first-order chi connectivity index (χ1) is 11.0. The number of hydrogen-bond donors (Lipinski definition) is 1. The van der Waals surface area contributed by atoms with Gasteiger partial charge in [-0.05, 0) is 24.2 Å². The Kier molecular flexibility index (Phi) is 6.09. The predicted octanol–water partition coefficient (Wildman–Crippen LogP) is 2.33. The van der Waals surface area contributed by atoms with Gasteiger partial charge in [-0.15, -0.1) is 0 Å². The fourth-order valence-corrected chi connectivity index (χ4v) is 2.53. The fourth-order valence-electron chi connectivity index (χ4n) is 2.32. The lowest BCUT2D eigenvalue weighted by Gasteiger charge is -2.23. The molecule has 0 bridgehead atoms. The van der Waals surface area contributed by atoms with Crippen LogP contribution in [0.25, 0.3) is 0 Å². The van der Waals surface area contributed by atoms with Crippen LogP contribution >= 0.6 is 11.6 Å². The van der Waals surface area contributed by atoms with Crippen molar-refractivity contribution in [1.82, 2.24) is 14.7 Å². The summed E-state index contributed by atoms with van der Waals surface area (Å²) in [6, 6.07) is 7.59. The number of aliphatic hydroxyl groups is 1. The van der Waals surface area contributed by atoms with Crippen LogP contribution in [0.2, 0.25) is 5.02 Å². The Labute approximate surface area is 139 Å². The van der Waals surface area contributed by atoms with Crippen molar-refractivity contribution in [1.29, 1.82) is 0 Å². The van der Waals surface area contributed by atoms with Crippen LogP contribution in [-0.4, -0.2) is 43.9 Å². The van der Waals surface area contributed by atoms with Gasteiger partial charge >= 0.3 is 5.69 Å². The molecule has 124 valence electrons. The quantitative estimate of drug-likeness (QED) is 0.590. The van der Waals surface area contributed by atoms with Crippen LogP contribution in [0.15, 0.2) is 36.7 Å². The van der Waals surface area contributed by atoms with Crippen molar-refractivity contribution < 1.29 is 10.0 Å². The summed E-state index contributed by atoms with van der Waals surface area (Å²) in [7, 11) is 0. The summed E-state index contributed by atoms with van der Waals surface area (Å²) in [6.45, 7) is 4.10. The number of hydrogen-bond acceptors (Lipinski definition) is 5. The zero-order chi connectivity index (χ0) is 16.8. The standard InChI is InChI=1S/C15H19ClN4O3/c1-2-18(8-12-4-3-5-13(16)6-12)10-15(21)11-19-9-14(7-17-19)20(22)23/h3-7,9,15,21H,2,8,10-11H2,1H3. The topological polar surface area (TPSA) is 84.4 Å². The second-order valence-corrected chi connectivity index (χ2v) is 5.73. The molecular formula is C15H19ClN4O3. The highest BCUT2D eigenvalue weighted by Crippen LogP contribution is 2.13. The molecule has 8 heteroatoms. The van der Waals surface area contributed by atoms with Gasteiger partial charge in [0.1, 0.15) is 12.4 Å². The average molecular weight is 339 g/mol. The largest absolute Gasteiger partial charge is 0.390 e. The zero-order valence-corrected chi connectivity index (χ0v) is 13.6. The van der Waals surface area contributed by atoms with Crippen molar-refractivity contribution in [2.24, 2.45) is 0 Å². The van der Waals surface area contributed by atoms with Crippen LogP contribution < -0.4 is 0 Å². The van der Waals surface area contributed by atoms with Gasteiger partial charge in [-0.3, -0.25) is 19.7 Å². The summed E-state index contributed by atoms with van der Waals surface area (Å²) in [5, 5.41) is 25.4. The van der Waals surface area contributed by atoms with Gasteiger partial charge in [-0.25, -0.2) is 0 Å². The summed E-state index contributed by atoms with van der Waals surface area (Å²) >= 11 is 5.98. The second-order valence-electron chi connectivity index (χ2n) is 5.29. The summed E-state index contributed by atoms with van der Waals surface area (Å²) in [4.78, 5) is 12.2. The smallest absolute Gasteiger partial charge is 0.306 e. The van der Waals surface area contributed by atoms with E-state index in [0.717, 1.165) is 12.1 Å². The lowest BCUT2D eigenvalue weighted by atomic mass is 10.2. The van der Waals surface area contributed by atoms with Gasteiger partial charge in [0.05, 0.1) is 17.6 Å². The molecule has 0 fully saturated rings. The molecule has 0 radical (unpaired) electrons. The Balaban J connectivity index is 1.91. The van der Waals surface area contributed by atoms with Gasteiger partial charge in [0.2, 0.25) is 0 Å². The molecule has 0 amide bonds. The number of halogens is 1. The molecule has 2 aromatic rings. The lowest BCUT2D eigenvalue weighted by Crippen LogP contribution is -2.34. The van der Waals surface area contributed by atoms with Crippen LogP contribution in [0.1, 0.15) is 12.5 Å². The van der Waals surface area contributed by atoms with Gasteiger partial charge in [0.15, 0.2) is 0 Å². The predicted molar refractivity (Wildman–Crippen MR) is 87.3 cm³/mol. The monoisotopic (exact) mass is 338 g/mol. The van der Waals surface area contributed by atoms with Crippen molar-refractivity contribution in [2.45, 2.75) is 26.1 Å². The van der Waals surface area contributed by atoms with Crippen LogP contribution in [-0.2, 0) is 13.1 Å². The van der Waals surface area contributed by atoms with Crippen LogP contribution in [0, 0.1) is 10.1 Å². The van der Waals surface area contributed by atoms with Gasteiger partial charge < -0.3 is 5.11 Å². The zero-order valence-electron chi connectivity index (χ0n) is 12.8. The molecule has 0 spiro atoms. The molecule has 7 nitrogen and oxygen atoms in total. The van der Waals surface area contributed by atoms with E-state index in [1.807, 2.05) is 31.2 Å². The lowest BCUT2D eigenvalue weighted by molar-refractivity contribution is -0.385. The molecule has 0 aliphatic carbocycles. The molecule has 0 aliphatic rings. The molecule has 1 atom stereocenters. The minimum absolute atomic E-state index is 0.0801. The summed E-state index contributed by atoms with van der Waals surface area (Å²) in [5.74, 6) is 0. The van der Waals surface area contributed by atoms with E-state index in [-0.39, 0.29) is 12.2 Å². The summed E-state index contributed by atoms with van der Waals surface area (Å²) in [6.07, 6.45) is 1.82. The molecule has 1 aromatic carbocycles. The van der Waals surface area contributed by atoms with Gasteiger partial charge in [-0.2, -0.15) is 5.10 Å².